The first kappa shape index (κ1) is 13.3. The van der Waals surface area contributed by atoms with Gasteiger partial charge in [0.2, 0.25) is 0 Å². The number of pyridine rings is 1. The Morgan fingerprint density at radius 1 is 1.11 bits per heavy atom. The number of rotatable bonds is 2. The van der Waals surface area contributed by atoms with Crippen LogP contribution in [0.15, 0.2) is 36.4 Å². The number of hydrogen-bond acceptors (Lipinski definition) is 2. The third-order valence-corrected chi connectivity index (χ3v) is 2.49. The van der Waals surface area contributed by atoms with Gasteiger partial charge in [0.1, 0.15) is 17.3 Å². The number of benzene rings is 1. The number of nitrogens with zero attached hydrogens (tertiary/aromatic N) is 1. The van der Waals surface area contributed by atoms with Crippen LogP contribution in [0.3, 0.4) is 0 Å². The number of halogens is 4. The summed E-state index contributed by atoms with van der Waals surface area (Å²) < 4.78 is 56.2. The van der Waals surface area contributed by atoms with Gasteiger partial charge in [-0.3, -0.25) is 0 Å². The second-order valence-electron chi connectivity index (χ2n) is 3.75. The molecular formula is C13H9F4NO. The normalized spacial score (nSPS) is 11.4. The van der Waals surface area contributed by atoms with Crippen molar-refractivity contribution >= 4 is 0 Å². The van der Waals surface area contributed by atoms with Crippen molar-refractivity contribution in [3.8, 4) is 17.0 Å². The summed E-state index contributed by atoms with van der Waals surface area (Å²) in [4.78, 5) is 3.43. The molecule has 0 saturated carbocycles. The first-order valence-electron chi connectivity index (χ1n) is 5.30. The molecule has 0 atom stereocenters. The maximum atomic E-state index is 13.6. The molecule has 2 nitrogen and oxygen atoms in total. The van der Waals surface area contributed by atoms with Crippen molar-refractivity contribution in [2.24, 2.45) is 0 Å². The Morgan fingerprint density at radius 2 is 1.84 bits per heavy atom. The molecule has 0 unspecified atom stereocenters. The highest BCUT2D eigenvalue weighted by Gasteiger charge is 2.32. The van der Waals surface area contributed by atoms with E-state index in [1.807, 2.05) is 0 Å². The molecule has 0 aliphatic carbocycles. The molecule has 2 rings (SSSR count). The maximum Gasteiger partial charge on any atom is 0.433 e. The molecule has 0 bridgehead atoms. The molecule has 0 spiro atoms. The lowest BCUT2D eigenvalue weighted by Gasteiger charge is -2.09. The van der Waals surface area contributed by atoms with E-state index in [-0.39, 0.29) is 11.3 Å². The summed E-state index contributed by atoms with van der Waals surface area (Å²) >= 11 is 0. The fourth-order valence-corrected chi connectivity index (χ4v) is 1.57. The van der Waals surface area contributed by atoms with Gasteiger partial charge in [-0.15, -0.1) is 0 Å². The van der Waals surface area contributed by atoms with Crippen molar-refractivity contribution in [1.29, 1.82) is 0 Å². The van der Waals surface area contributed by atoms with E-state index in [2.05, 4.69) is 4.98 Å². The van der Waals surface area contributed by atoms with Crippen LogP contribution in [0.4, 0.5) is 17.6 Å². The molecule has 0 radical (unpaired) electrons. The zero-order valence-corrected chi connectivity index (χ0v) is 9.83. The third kappa shape index (κ3) is 2.83. The van der Waals surface area contributed by atoms with Crippen molar-refractivity contribution in [1.82, 2.24) is 4.98 Å². The Morgan fingerprint density at radius 3 is 2.47 bits per heavy atom. The average molecular weight is 271 g/mol. The van der Waals surface area contributed by atoms with E-state index < -0.39 is 17.7 Å². The van der Waals surface area contributed by atoms with Crippen molar-refractivity contribution in [3.05, 3.63) is 47.9 Å². The standard InChI is InChI=1S/C13H9F4NO/c1-19-8-5-6-10(14)9(7-8)11-3-2-4-12(18-11)13(15,16)17/h2-7H,1H3. The Labute approximate surface area is 106 Å². The molecule has 0 N–H and O–H groups in total. The van der Waals surface area contributed by atoms with Crippen molar-refractivity contribution in [2.75, 3.05) is 7.11 Å². The van der Waals surface area contributed by atoms with Crippen LogP contribution in [0.25, 0.3) is 11.3 Å². The molecule has 0 saturated heterocycles. The SMILES string of the molecule is COc1ccc(F)c(-c2cccc(C(F)(F)F)n2)c1. The Kier molecular flexibility index (Phi) is 3.42. The summed E-state index contributed by atoms with van der Waals surface area (Å²) in [6.07, 6.45) is -4.56. The van der Waals surface area contributed by atoms with E-state index in [4.69, 9.17) is 4.74 Å². The van der Waals surface area contributed by atoms with Gasteiger partial charge in [0.05, 0.1) is 12.8 Å². The molecule has 2 aromatic rings. The van der Waals surface area contributed by atoms with Crippen LogP contribution in [0.2, 0.25) is 0 Å². The number of alkyl halides is 3. The van der Waals surface area contributed by atoms with E-state index in [1.165, 1.54) is 31.4 Å². The van der Waals surface area contributed by atoms with Crippen LogP contribution in [-0.4, -0.2) is 12.1 Å². The second-order valence-corrected chi connectivity index (χ2v) is 3.75. The summed E-state index contributed by atoms with van der Waals surface area (Å²) in [7, 11) is 1.39. The fourth-order valence-electron chi connectivity index (χ4n) is 1.57. The highest BCUT2D eigenvalue weighted by atomic mass is 19.4. The van der Waals surface area contributed by atoms with Gasteiger partial charge in [-0.2, -0.15) is 13.2 Å². The quantitative estimate of drug-likeness (QED) is 0.772. The maximum absolute atomic E-state index is 13.6. The zero-order chi connectivity index (χ0) is 14.0. The molecule has 19 heavy (non-hydrogen) atoms. The lowest BCUT2D eigenvalue weighted by atomic mass is 10.1. The zero-order valence-electron chi connectivity index (χ0n) is 9.83. The van der Waals surface area contributed by atoms with Crippen LogP contribution in [0, 0.1) is 5.82 Å². The molecule has 0 fully saturated rings. The number of methoxy groups -OCH3 is 1. The number of ether oxygens (including phenoxy) is 1. The smallest absolute Gasteiger partial charge is 0.433 e. The first-order valence-corrected chi connectivity index (χ1v) is 5.30. The first-order chi connectivity index (χ1) is 8.91. The van der Waals surface area contributed by atoms with E-state index in [0.29, 0.717) is 5.75 Å². The van der Waals surface area contributed by atoms with Gasteiger partial charge in [0.15, 0.2) is 0 Å². The highest BCUT2D eigenvalue weighted by molar-refractivity contribution is 5.62. The lowest BCUT2D eigenvalue weighted by Crippen LogP contribution is -2.08. The fraction of sp³-hybridized carbons (Fsp3) is 0.154. The lowest BCUT2D eigenvalue weighted by molar-refractivity contribution is -0.141. The van der Waals surface area contributed by atoms with E-state index >= 15 is 0 Å². The van der Waals surface area contributed by atoms with Crippen LogP contribution < -0.4 is 4.74 Å². The summed E-state index contributed by atoms with van der Waals surface area (Å²) in [5.41, 5.74) is -1.19. The van der Waals surface area contributed by atoms with Crippen LogP contribution >= 0.6 is 0 Å². The molecule has 1 heterocycles. The minimum Gasteiger partial charge on any atom is -0.497 e. The second kappa shape index (κ2) is 4.87. The van der Waals surface area contributed by atoms with Crippen LogP contribution in [0.1, 0.15) is 5.69 Å². The van der Waals surface area contributed by atoms with Gasteiger partial charge in [0.25, 0.3) is 0 Å². The predicted octanol–water partition coefficient (Wildman–Crippen LogP) is 3.92. The molecule has 6 heteroatoms. The van der Waals surface area contributed by atoms with Crippen LogP contribution in [-0.2, 0) is 6.18 Å². The van der Waals surface area contributed by atoms with Gasteiger partial charge >= 0.3 is 6.18 Å². The Bertz CT molecular complexity index is 595. The minimum atomic E-state index is -4.56. The van der Waals surface area contributed by atoms with Crippen LogP contribution in [0.5, 0.6) is 5.75 Å². The van der Waals surface area contributed by atoms with Crippen molar-refractivity contribution < 1.29 is 22.3 Å². The monoisotopic (exact) mass is 271 g/mol. The molecule has 1 aromatic carbocycles. The van der Waals surface area contributed by atoms with Gasteiger partial charge in [-0.25, -0.2) is 9.37 Å². The summed E-state index contributed by atoms with van der Waals surface area (Å²) in [5, 5.41) is 0. The Balaban J connectivity index is 2.53. The molecule has 0 aliphatic rings. The molecule has 0 aliphatic heterocycles. The molecule has 0 amide bonds. The van der Waals surface area contributed by atoms with Gasteiger partial charge in [-0.1, -0.05) is 6.07 Å². The number of hydrogen-bond donors (Lipinski definition) is 0. The largest absolute Gasteiger partial charge is 0.497 e. The summed E-state index contributed by atoms with van der Waals surface area (Å²) in [5.74, 6) is -0.316. The molecule has 100 valence electrons. The third-order valence-electron chi connectivity index (χ3n) is 2.49. The number of aromatic nitrogens is 1. The molecular weight excluding hydrogens is 262 g/mol. The Hall–Kier alpha value is -2.11. The highest BCUT2D eigenvalue weighted by Crippen LogP contribution is 2.31. The summed E-state index contributed by atoms with van der Waals surface area (Å²) in [6, 6.07) is 7.14. The molecule has 1 aromatic heterocycles. The average Bonchev–Trinajstić information content (AvgIpc) is 2.38. The van der Waals surface area contributed by atoms with Gasteiger partial charge in [-0.05, 0) is 30.3 Å². The topological polar surface area (TPSA) is 22.1 Å². The van der Waals surface area contributed by atoms with E-state index in [0.717, 1.165) is 12.1 Å². The van der Waals surface area contributed by atoms with E-state index in [9.17, 15) is 17.6 Å². The minimum absolute atomic E-state index is 0.0366. The predicted molar refractivity (Wildman–Crippen MR) is 61.2 cm³/mol. The van der Waals surface area contributed by atoms with Gasteiger partial charge in [0, 0.05) is 5.56 Å². The van der Waals surface area contributed by atoms with Crippen molar-refractivity contribution in [3.63, 3.8) is 0 Å². The van der Waals surface area contributed by atoms with E-state index in [1.54, 1.807) is 0 Å². The summed E-state index contributed by atoms with van der Waals surface area (Å²) in [6.45, 7) is 0. The van der Waals surface area contributed by atoms with Gasteiger partial charge < -0.3 is 4.74 Å². The van der Waals surface area contributed by atoms with Crippen molar-refractivity contribution in [2.45, 2.75) is 6.18 Å².